The van der Waals surface area contributed by atoms with E-state index in [1.807, 2.05) is 12.1 Å². The van der Waals surface area contributed by atoms with Crippen LogP contribution in [0, 0.1) is 0 Å². The van der Waals surface area contributed by atoms with E-state index in [0.29, 0.717) is 6.04 Å². The van der Waals surface area contributed by atoms with Gasteiger partial charge < -0.3 is 9.73 Å². The van der Waals surface area contributed by atoms with E-state index in [4.69, 9.17) is 4.42 Å². The fraction of sp³-hybridized carbons (Fsp3) is 0.538. The number of allylic oxidation sites excluding steroid dienone is 1. The molecule has 1 aromatic heterocycles. The third kappa shape index (κ3) is 2.74. The van der Waals surface area contributed by atoms with E-state index in [1.165, 1.54) is 0 Å². The Kier molecular flexibility index (Phi) is 4.19. The van der Waals surface area contributed by atoms with Crippen LogP contribution in [0.5, 0.6) is 0 Å². The van der Waals surface area contributed by atoms with Gasteiger partial charge in [0.1, 0.15) is 5.76 Å². The van der Waals surface area contributed by atoms with Crippen LogP contribution in [0.1, 0.15) is 24.6 Å². The van der Waals surface area contributed by atoms with Crippen molar-refractivity contribution in [3.63, 3.8) is 0 Å². The lowest BCUT2D eigenvalue weighted by atomic mass is 10.1. The number of rotatable bonds is 5. The van der Waals surface area contributed by atoms with Crippen molar-refractivity contribution < 1.29 is 4.42 Å². The monoisotopic (exact) mass is 220 g/mol. The zero-order chi connectivity index (χ0) is 11.2. The lowest BCUT2D eigenvalue weighted by Gasteiger charge is -2.33. The van der Waals surface area contributed by atoms with Crippen LogP contribution in [0.2, 0.25) is 0 Å². The minimum atomic E-state index is 0.412. The Bertz CT molecular complexity index is 302. The van der Waals surface area contributed by atoms with Gasteiger partial charge in [0.15, 0.2) is 0 Å². The summed E-state index contributed by atoms with van der Waals surface area (Å²) in [5, 5.41) is 3.38. The maximum absolute atomic E-state index is 5.55. The number of piperazine rings is 1. The molecule has 1 atom stereocenters. The van der Waals surface area contributed by atoms with Gasteiger partial charge in [0.05, 0.1) is 12.3 Å². The van der Waals surface area contributed by atoms with Gasteiger partial charge in [-0.25, -0.2) is 0 Å². The summed E-state index contributed by atoms with van der Waals surface area (Å²) < 4.78 is 5.55. The van der Waals surface area contributed by atoms with E-state index < -0.39 is 0 Å². The van der Waals surface area contributed by atoms with Crippen molar-refractivity contribution in [3.8, 4) is 0 Å². The van der Waals surface area contributed by atoms with Crippen molar-refractivity contribution in [2.45, 2.75) is 18.9 Å². The van der Waals surface area contributed by atoms with Gasteiger partial charge in [-0.3, -0.25) is 4.90 Å². The highest BCUT2D eigenvalue weighted by molar-refractivity contribution is 5.05. The van der Waals surface area contributed by atoms with E-state index in [1.54, 1.807) is 6.26 Å². The van der Waals surface area contributed by atoms with Crippen LogP contribution in [0.3, 0.4) is 0 Å². The van der Waals surface area contributed by atoms with Gasteiger partial charge in [-0.15, -0.1) is 6.58 Å². The Morgan fingerprint density at radius 1 is 1.50 bits per heavy atom. The quantitative estimate of drug-likeness (QED) is 0.771. The third-order valence-electron chi connectivity index (χ3n) is 3.11. The minimum absolute atomic E-state index is 0.412. The van der Waals surface area contributed by atoms with E-state index in [0.717, 1.165) is 44.8 Å². The van der Waals surface area contributed by atoms with Gasteiger partial charge in [0.25, 0.3) is 0 Å². The zero-order valence-electron chi connectivity index (χ0n) is 9.69. The zero-order valence-corrected chi connectivity index (χ0v) is 9.69. The van der Waals surface area contributed by atoms with E-state index in [-0.39, 0.29) is 0 Å². The SMILES string of the molecule is C=CCC[C@H](c1ccco1)N1CCNCC1. The van der Waals surface area contributed by atoms with Crippen LogP contribution in [0.25, 0.3) is 0 Å². The van der Waals surface area contributed by atoms with Gasteiger partial charge in [-0.1, -0.05) is 6.08 Å². The molecule has 0 spiro atoms. The molecule has 2 rings (SSSR count). The predicted octanol–water partition coefficient (Wildman–Crippen LogP) is 2.19. The number of nitrogens with zero attached hydrogens (tertiary/aromatic N) is 1. The normalized spacial score (nSPS) is 19.5. The second kappa shape index (κ2) is 5.87. The molecule has 1 aliphatic heterocycles. The smallest absolute Gasteiger partial charge is 0.120 e. The summed E-state index contributed by atoms with van der Waals surface area (Å²) in [6.07, 6.45) is 5.88. The predicted molar refractivity (Wildman–Crippen MR) is 65.3 cm³/mol. The number of nitrogens with one attached hydrogen (secondary N) is 1. The first-order valence-electron chi connectivity index (χ1n) is 6.01. The van der Waals surface area contributed by atoms with Crippen molar-refractivity contribution in [3.05, 3.63) is 36.8 Å². The fourth-order valence-corrected chi connectivity index (χ4v) is 2.26. The molecule has 2 heterocycles. The van der Waals surface area contributed by atoms with E-state index in [9.17, 15) is 0 Å². The molecule has 16 heavy (non-hydrogen) atoms. The maximum atomic E-state index is 5.55. The molecule has 0 radical (unpaired) electrons. The van der Waals surface area contributed by atoms with Gasteiger partial charge in [0.2, 0.25) is 0 Å². The summed E-state index contributed by atoms with van der Waals surface area (Å²) in [7, 11) is 0. The molecule has 3 nitrogen and oxygen atoms in total. The lowest BCUT2D eigenvalue weighted by molar-refractivity contribution is 0.147. The molecule has 88 valence electrons. The van der Waals surface area contributed by atoms with Crippen molar-refractivity contribution in [2.75, 3.05) is 26.2 Å². The fourth-order valence-electron chi connectivity index (χ4n) is 2.26. The van der Waals surface area contributed by atoms with E-state index >= 15 is 0 Å². The molecular weight excluding hydrogens is 200 g/mol. The molecular formula is C13H20N2O. The first-order chi connectivity index (χ1) is 7.92. The van der Waals surface area contributed by atoms with Crippen LogP contribution in [-0.4, -0.2) is 31.1 Å². The van der Waals surface area contributed by atoms with Crippen molar-refractivity contribution in [1.82, 2.24) is 10.2 Å². The molecule has 0 bridgehead atoms. The molecule has 1 aromatic rings. The third-order valence-corrected chi connectivity index (χ3v) is 3.11. The molecule has 1 aliphatic rings. The molecule has 0 amide bonds. The van der Waals surface area contributed by atoms with Crippen LogP contribution in [-0.2, 0) is 0 Å². The molecule has 3 heteroatoms. The standard InChI is InChI=1S/C13H20N2O/c1-2-3-5-12(13-6-4-11-16-13)15-9-7-14-8-10-15/h2,4,6,11-12,14H,1,3,5,7-10H2/t12-/m1/s1. The van der Waals surface area contributed by atoms with Crippen molar-refractivity contribution >= 4 is 0 Å². The van der Waals surface area contributed by atoms with Gasteiger partial charge in [-0.05, 0) is 25.0 Å². The first kappa shape index (κ1) is 11.4. The topological polar surface area (TPSA) is 28.4 Å². The lowest BCUT2D eigenvalue weighted by Crippen LogP contribution is -2.45. The van der Waals surface area contributed by atoms with Crippen LogP contribution in [0.4, 0.5) is 0 Å². The molecule has 0 aliphatic carbocycles. The summed E-state index contributed by atoms with van der Waals surface area (Å²) in [5.41, 5.74) is 0. The van der Waals surface area contributed by atoms with Gasteiger partial charge in [-0.2, -0.15) is 0 Å². The highest BCUT2D eigenvalue weighted by Crippen LogP contribution is 2.26. The summed E-state index contributed by atoms with van der Waals surface area (Å²) in [5.74, 6) is 1.09. The average Bonchev–Trinajstić information content (AvgIpc) is 2.85. The summed E-state index contributed by atoms with van der Waals surface area (Å²) in [6.45, 7) is 8.15. The molecule has 1 N–H and O–H groups in total. The van der Waals surface area contributed by atoms with Crippen molar-refractivity contribution in [2.24, 2.45) is 0 Å². The summed E-state index contributed by atoms with van der Waals surface area (Å²) in [6, 6.07) is 4.46. The Labute approximate surface area is 97.1 Å². The van der Waals surface area contributed by atoms with Crippen LogP contribution < -0.4 is 5.32 Å². The van der Waals surface area contributed by atoms with Crippen LogP contribution in [0.15, 0.2) is 35.5 Å². The molecule has 0 aromatic carbocycles. The van der Waals surface area contributed by atoms with Crippen LogP contribution >= 0.6 is 0 Å². The highest BCUT2D eigenvalue weighted by atomic mass is 16.3. The van der Waals surface area contributed by atoms with Gasteiger partial charge >= 0.3 is 0 Å². The Hall–Kier alpha value is -1.06. The number of furan rings is 1. The molecule has 0 saturated carbocycles. The summed E-state index contributed by atoms with van der Waals surface area (Å²) >= 11 is 0. The average molecular weight is 220 g/mol. The number of hydrogen-bond donors (Lipinski definition) is 1. The van der Waals surface area contributed by atoms with Gasteiger partial charge in [0, 0.05) is 26.2 Å². The largest absolute Gasteiger partial charge is 0.468 e. The highest BCUT2D eigenvalue weighted by Gasteiger charge is 2.23. The molecule has 1 saturated heterocycles. The van der Waals surface area contributed by atoms with Crippen molar-refractivity contribution in [1.29, 1.82) is 0 Å². The van der Waals surface area contributed by atoms with E-state index in [2.05, 4.69) is 22.9 Å². The Morgan fingerprint density at radius 3 is 2.94 bits per heavy atom. The molecule has 0 unspecified atom stereocenters. The minimum Gasteiger partial charge on any atom is -0.468 e. The molecule has 1 fully saturated rings. The Balaban J connectivity index is 2.03. The Morgan fingerprint density at radius 2 is 2.31 bits per heavy atom. The second-order valence-corrected chi connectivity index (χ2v) is 4.18. The second-order valence-electron chi connectivity index (χ2n) is 4.18. The summed E-state index contributed by atoms with van der Waals surface area (Å²) in [4.78, 5) is 2.50. The first-order valence-corrected chi connectivity index (χ1v) is 6.01. The number of hydrogen-bond acceptors (Lipinski definition) is 3. The maximum Gasteiger partial charge on any atom is 0.120 e.